The molecule has 1 aromatic carbocycles. The highest BCUT2D eigenvalue weighted by molar-refractivity contribution is 7.13. The number of benzene rings is 1. The molecule has 1 aliphatic rings. The molecular weight excluding hydrogens is 334 g/mol. The summed E-state index contributed by atoms with van der Waals surface area (Å²) in [6.07, 6.45) is 3.96. The molecule has 4 rings (SSSR count). The summed E-state index contributed by atoms with van der Waals surface area (Å²) in [5.74, 6) is -0.0214. The number of anilines is 1. The molecule has 0 saturated carbocycles. The predicted octanol–water partition coefficient (Wildman–Crippen LogP) is 3.02. The molecule has 6 nitrogen and oxygen atoms in total. The highest BCUT2D eigenvalue weighted by Gasteiger charge is 2.26. The third kappa shape index (κ3) is 3.15. The molecule has 1 fully saturated rings. The van der Waals surface area contributed by atoms with Crippen LogP contribution in [0.3, 0.4) is 0 Å². The van der Waals surface area contributed by atoms with E-state index < -0.39 is 5.91 Å². The fraction of sp³-hybridized carbons (Fsp3) is 0.278. The summed E-state index contributed by atoms with van der Waals surface area (Å²) in [5, 5.41) is 10.1. The summed E-state index contributed by atoms with van der Waals surface area (Å²) in [5.41, 5.74) is 9.23. The molecule has 7 heteroatoms. The van der Waals surface area contributed by atoms with Crippen molar-refractivity contribution in [1.82, 2.24) is 15.2 Å². The van der Waals surface area contributed by atoms with E-state index in [1.807, 2.05) is 24.4 Å². The number of aromatic nitrogens is 3. The number of hydrogen-bond acceptors (Lipinski definition) is 5. The molecule has 25 heavy (non-hydrogen) atoms. The highest BCUT2D eigenvalue weighted by Crippen LogP contribution is 2.35. The van der Waals surface area contributed by atoms with Crippen LogP contribution in [-0.2, 0) is 0 Å². The van der Waals surface area contributed by atoms with Gasteiger partial charge in [-0.25, -0.2) is 4.98 Å². The number of nitrogens with zero attached hydrogens (tertiary/aromatic N) is 3. The first kappa shape index (κ1) is 15.8. The maximum absolute atomic E-state index is 11.2. The zero-order valence-corrected chi connectivity index (χ0v) is 14.5. The predicted molar refractivity (Wildman–Crippen MR) is 98.8 cm³/mol. The molecule has 0 radical (unpaired) electrons. The van der Waals surface area contributed by atoms with E-state index in [1.165, 1.54) is 28.2 Å². The molecule has 0 atom stereocenters. The second-order valence-corrected chi connectivity index (χ2v) is 7.04. The number of H-pyrrole nitrogens is 1. The van der Waals surface area contributed by atoms with Crippen LogP contribution in [0.5, 0.6) is 0 Å². The van der Waals surface area contributed by atoms with Crippen molar-refractivity contribution in [2.75, 3.05) is 18.0 Å². The van der Waals surface area contributed by atoms with Gasteiger partial charge in [-0.2, -0.15) is 5.10 Å². The van der Waals surface area contributed by atoms with Gasteiger partial charge in [0.25, 0.3) is 5.91 Å². The van der Waals surface area contributed by atoms with Gasteiger partial charge < -0.3 is 10.6 Å². The first-order valence-corrected chi connectivity index (χ1v) is 9.19. The van der Waals surface area contributed by atoms with Crippen molar-refractivity contribution < 1.29 is 4.79 Å². The molecule has 1 amide bonds. The number of aromatic amines is 1. The Morgan fingerprint density at radius 1 is 1.24 bits per heavy atom. The minimum absolute atomic E-state index is 0.349. The summed E-state index contributed by atoms with van der Waals surface area (Å²) in [6, 6.07) is 10.4. The van der Waals surface area contributed by atoms with E-state index in [-0.39, 0.29) is 0 Å². The number of piperidine rings is 1. The van der Waals surface area contributed by atoms with Crippen LogP contribution in [0.2, 0.25) is 0 Å². The number of carbonyl (C=O) groups is 1. The average Bonchev–Trinajstić information content (AvgIpc) is 3.32. The van der Waals surface area contributed by atoms with E-state index in [1.54, 1.807) is 5.38 Å². The maximum atomic E-state index is 11.2. The van der Waals surface area contributed by atoms with Gasteiger partial charge in [0.05, 0.1) is 6.20 Å². The van der Waals surface area contributed by atoms with Gasteiger partial charge >= 0.3 is 0 Å². The number of primary amides is 1. The molecule has 1 aliphatic heterocycles. The molecule has 128 valence electrons. The summed E-state index contributed by atoms with van der Waals surface area (Å²) in [7, 11) is 0. The standard InChI is InChI=1S/C18H19N5OS/c19-17(24)15-11-25-18(21-15)23-8-6-13(7-9-23)16-14(10-20-22-16)12-4-2-1-3-5-12/h1-5,10-11,13H,6-9H2,(H2,19,24)(H,20,22). The van der Waals surface area contributed by atoms with E-state index in [2.05, 4.69) is 32.2 Å². The zero-order chi connectivity index (χ0) is 17.2. The van der Waals surface area contributed by atoms with Gasteiger partial charge in [0.2, 0.25) is 0 Å². The molecule has 1 saturated heterocycles. The van der Waals surface area contributed by atoms with Gasteiger partial charge in [0.1, 0.15) is 5.69 Å². The molecule has 3 aromatic rings. The van der Waals surface area contributed by atoms with E-state index >= 15 is 0 Å². The van der Waals surface area contributed by atoms with Crippen LogP contribution in [0.1, 0.15) is 34.9 Å². The Hall–Kier alpha value is -2.67. The number of nitrogens with two attached hydrogens (primary N) is 1. The number of hydrogen-bond donors (Lipinski definition) is 2. The van der Waals surface area contributed by atoms with Crippen molar-refractivity contribution in [2.24, 2.45) is 5.73 Å². The Morgan fingerprint density at radius 3 is 2.68 bits per heavy atom. The topological polar surface area (TPSA) is 87.9 Å². The van der Waals surface area contributed by atoms with Crippen molar-refractivity contribution >= 4 is 22.4 Å². The molecule has 3 N–H and O–H groups in total. The second kappa shape index (κ2) is 6.68. The molecule has 0 bridgehead atoms. The monoisotopic (exact) mass is 353 g/mol. The Kier molecular flexibility index (Phi) is 4.23. The van der Waals surface area contributed by atoms with Crippen molar-refractivity contribution in [3.8, 4) is 11.1 Å². The number of amides is 1. The van der Waals surface area contributed by atoms with Crippen molar-refractivity contribution in [3.63, 3.8) is 0 Å². The third-order valence-corrected chi connectivity index (χ3v) is 5.57. The van der Waals surface area contributed by atoms with Gasteiger partial charge in [-0.05, 0) is 18.4 Å². The number of carbonyl (C=O) groups excluding carboxylic acids is 1. The Bertz CT molecular complexity index is 864. The first-order chi connectivity index (χ1) is 12.2. The van der Waals surface area contributed by atoms with Gasteiger partial charge in [-0.15, -0.1) is 11.3 Å². The van der Waals surface area contributed by atoms with Gasteiger partial charge in [0.15, 0.2) is 5.13 Å². The SMILES string of the molecule is NC(=O)c1csc(N2CCC(c3[nH]ncc3-c3ccccc3)CC2)n1. The van der Waals surface area contributed by atoms with Crippen molar-refractivity contribution in [2.45, 2.75) is 18.8 Å². The van der Waals surface area contributed by atoms with Gasteiger partial charge in [-0.1, -0.05) is 30.3 Å². The second-order valence-electron chi connectivity index (χ2n) is 6.20. The summed E-state index contributed by atoms with van der Waals surface area (Å²) >= 11 is 1.48. The number of thiazole rings is 1. The van der Waals surface area contributed by atoms with E-state index in [9.17, 15) is 4.79 Å². The molecule has 3 heterocycles. The van der Waals surface area contributed by atoms with Crippen LogP contribution in [0.15, 0.2) is 41.9 Å². The van der Waals surface area contributed by atoms with E-state index in [0.717, 1.165) is 31.1 Å². The molecule has 0 aliphatic carbocycles. The van der Waals surface area contributed by atoms with Crippen LogP contribution in [-0.4, -0.2) is 34.2 Å². The normalized spacial score (nSPS) is 15.4. The zero-order valence-electron chi connectivity index (χ0n) is 13.7. The molecule has 0 spiro atoms. The Balaban J connectivity index is 1.47. The minimum atomic E-state index is -0.470. The van der Waals surface area contributed by atoms with E-state index in [4.69, 9.17) is 5.73 Å². The molecular formula is C18H19N5OS. The van der Waals surface area contributed by atoms with Crippen LogP contribution in [0, 0.1) is 0 Å². The lowest BCUT2D eigenvalue weighted by Gasteiger charge is -2.31. The van der Waals surface area contributed by atoms with Gasteiger partial charge in [-0.3, -0.25) is 9.89 Å². The lowest BCUT2D eigenvalue weighted by atomic mass is 9.90. The Labute approximate surface area is 149 Å². The van der Waals surface area contributed by atoms with E-state index in [0.29, 0.717) is 11.6 Å². The van der Waals surface area contributed by atoms with Crippen LogP contribution < -0.4 is 10.6 Å². The minimum Gasteiger partial charge on any atom is -0.364 e. The lowest BCUT2D eigenvalue weighted by Crippen LogP contribution is -2.33. The summed E-state index contributed by atoms with van der Waals surface area (Å²) < 4.78 is 0. The smallest absolute Gasteiger partial charge is 0.268 e. The fourth-order valence-corrected chi connectivity index (χ4v) is 4.21. The number of rotatable bonds is 4. The first-order valence-electron chi connectivity index (χ1n) is 8.31. The van der Waals surface area contributed by atoms with Crippen LogP contribution in [0.4, 0.5) is 5.13 Å². The molecule has 0 unspecified atom stereocenters. The summed E-state index contributed by atoms with van der Waals surface area (Å²) in [4.78, 5) is 17.8. The van der Waals surface area contributed by atoms with Crippen LogP contribution >= 0.6 is 11.3 Å². The summed E-state index contributed by atoms with van der Waals surface area (Å²) in [6.45, 7) is 1.81. The average molecular weight is 353 g/mol. The highest BCUT2D eigenvalue weighted by atomic mass is 32.1. The van der Waals surface area contributed by atoms with Crippen molar-refractivity contribution in [3.05, 3.63) is 53.3 Å². The number of nitrogens with one attached hydrogen (secondary N) is 1. The fourth-order valence-electron chi connectivity index (χ4n) is 3.34. The third-order valence-electron chi connectivity index (χ3n) is 4.67. The Morgan fingerprint density at radius 2 is 2.00 bits per heavy atom. The maximum Gasteiger partial charge on any atom is 0.268 e. The van der Waals surface area contributed by atoms with Crippen molar-refractivity contribution in [1.29, 1.82) is 0 Å². The lowest BCUT2D eigenvalue weighted by molar-refractivity contribution is 0.0996. The van der Waals surface area contributed by atoms with Crippen LogP contribution in [0.25, 0.3) is 11.1 Å². The molecule has 2 aromatic heterocycles. The largest absolute Gasteiger partial charge is 0.364 e. The quantitative estimate of drug-likeness (QED) is 0.755. The van der Waals surface area contributed by atoms with Gasteiger partial charge in [0, 0.05) is 35.6 Å².